The lowest BCUT2D eigenvalue weighted by atomic mass is 9.81. The number of anilines is 2. The van der Waals surface area contributed by atoms with Gasteiger partial charge in [-0.3, -0.25) is 19.4 Å². The number of fused-ring (bicyclic) bond motifs is 2. The SMILES string of the molecule is Cl.Cl.Cl.Cl.O=C1c2c(O)ccc(O)c2C(=O)c2c(NCCNCCN3CCOCC3)ccc(NCCNCCN3CCOCC3)c21. The van der Waals surface area contributed by atoms with Gasteiger partial charge in [-0.25, -0.2) is 0 Å². The number of halogens is 4. The summed E-state index contributed by atoms with van der Waals surface area (Å²) in [6.07, 6.45) is 0. The molecule has 5 rings (SSSR count). The first kappa shape index (κ1) is 41.9. The van der Waals surface area contributed by atoms with Crippen molar-refractivity contribution in [2.24, 2.45) is 0 Å². The number of nitrogens with one attached hydrogen (secondary N) is 4. The van der Waals surface area contributed by atoms with E-state index >= 15 is 0 Å². The first-order valence-corrected chi connectivity index (χ1v) is 14.9. The fraction of sp³-hybridized carbons (Fsp3) is 0.533. The minimum absolute atomic E-state index is 0. The first-order chi connectivity index (χ1) is 20.5. The topological polar surface area (TPSA) is 148 Å². The summed E-state index contributed by atoms with van der Waals surface area (Å²) in [6.45, 7) is 12.8. The minimum Gasteiger partial charge on any atom is -0.507 e. The minimum atomic E-state index is -0.497. The number of phenols is 2. The zero-order valence-electron chi connectivity index (χ0n) is 25.7. The highest BCUT2D eigenvalue weighted by Gasteiger charge is 2.37. The maximum atomic E-state index is 13.7. The summed E-state index contributed by atoms with van der Waals surface area (Å²) in [6, 6.07) is 6.05. The Labute approximate surface area is 295 Å². The van der Waals surface area contributed by atoms with Crippen molar-refractivity contribution in [1.82, 2.24) is 20.4 Å². The fourth-order valence-electron chi connectivity index (χ4n) is 5.60. The number of nitrogens with zero attached hydrogens (tertiary/aromatic N) is 2. The van der Waals surface area contributed by atoms with E-state index in [0.717, 1.165) is 78.8 Å². The number of hydrogen-bond acceptors (Lipinski definition) is 12. The molecule has 260 valence electrons. The van der Waals surface area contributed by atoms with E-state index < -0.39 is 11.6 Å². The molecule has 1 aliphatic carbocycles. The van der Waals surface area contributed by atoms with Crippen molar-refractivity contribution in [2.45, 2.75) is 0 Å². The van der Waals surface area contributed by atoms with Gasteiger partial charge in [0.25, 0.3) is 0 Å². The van der Waals surface area contributed by atoms with Crippen LogP contribution >= 0.6 is 49.6 Å². The molecule has 0 radical (unpaired) electrons. The number of ketones is 2. The van der Waals surface area contributed by atoms with E-state index in [2.05, 4.69) is 31.1 Å². The van der Waals surface area contributed by atoms with Gasteiger partial charge in [-0.1, -0.05) is 0 Å². The largest absolute Gasteiger partial charge is 0.507 e. The Bertz CT molecular complexity index is 1170. The van der Waals surface area contributed by atoms with Crippen LogP contribution < -0.4 is 21.3 Å². The van der Waals surface area contributed by atoms with Crippen LogP contribution in [0.1, 0.15) is 31.8 Å². The highest BCUT2D eigenvalue weighted by molar-refractivity contribution is 6.33. The molecule has 16 heteroatoms. The Morgan fingerprint density at radius 3 is 1.28 bits per heavy atom. The number of benzene rings is 2. The number of hydrogen-bond donors (Lipinski definition) is 6. The molecular weight excluding hydrogens is 682 g/mol. The highest BCUT2D eigenvalue weighted by atomic mass is 35.5. The van der Waals surface area contributed by atoms with Crippen LogP contribution in [-0.2, 0) is 9.47 Å². The number of rotatable bonds is 14. The first-order valence-electron chi connectivity index (χ1n) is 14.9. The molecule has 2 saturated heterocycles. The summed E-state index contributed by atoms with van der Waals surface area (Å²) in [5.74, 6) is -1.65. The zero-order chi connectivity index (χ0) is 29.3. The smallest absolute Gasteiger partial charge is 0.200 e. The summed E-state index contributed by atoms with van der Waals surface area (Å²) < 4.78 is 10.8. The number of aromatic hydroxyl groups is 2. The van der Waals surface area contributed by atoms with Gasteiger partial charge in [-0.2, -0.15) is 0 Å². The van der Waals surface area contributed by atoms with E-state index in [1.54, 1.807) is 12.1 Å². The van der Waals surface area contributed by atoms with Crippen LogP contribution in [0.15, 0.2) is 24.3 Å². The van der Waals surface area contributed by atoms with Gasteiger partial charge in [0, 0.05) is 89.9 Å². The molecule has 2 aliphatic heterocycles. The Hall–Kier alpha value is -2.10. The monoisotopic (exact) mass is 726 g/mol. The standard InChI is InChI=1S/C30H42N6O6.4ClH/c37-23-3-4-24(38)28-27(23)29(39)25-21(33-7-5-31-9-11-35-13-17-41-18-14-35)1-2-22(26(25)30(28)40)34-8-6-32-10-12-36-15-19-42-20-16-36;;;;/h1-4,31-34,37-38H,5-20H2;4*1H. The molecular formula is C30H46Cl4N6O6. The van der Waals surface area contributed by atoms with E-state index in [-0.39, 0.29) is 83.4 Å². The zero-order valence-corrected chi connectivity index (χ0v) is 28.9. The van der Waals surface area contributed by atoms with Gasteiger partial charge < -0.3 is 41.0 Å². The molecule has 0 saturated carbocycles. The summed E-state index contributed by atoms with van der Waals surface area (Å²) >= 11 is 0. The predicted molar refractivity (Wildman–Crippen MR) is 189 cm³/mol. The van der Waals surface area contributed by atoms with Gasteiger partial charge in [-0.05, 0) is 24.3 Å². The average molecular weight is 729 g/mol. The number of phenolic OH excluding ortho intramolecular Hbond substituents is 2. The Morgan fingerprint density at radius 1 is 0.543 bits per heavy atom. The molecule has 6 N–H and O–H groups in total. The van der Waals surface area contributed by atoms with Crippen LogP contribution in [-0.4, -0.2) is 137 Å². The second kappa shape index (κ2) is 21.0. The number of carbonyl (C=O) groups is 2. The van der Waals surface area contributed by atoms with Crippen molar-refractivity contribution in [3.05, 3.63) is 46.5 Å². The Balaban J connectivity index is 0.00000264. The maximum absolute atomic E-state index is 13.7. The molecule has 0 bridgehead atoms. The molecule has 46 heavy (non-hydrogen) atoms. The maximum Gasteiger partial charge on any atom is 0.200 e. The average Bonchev–Trinajstić information content (AvgIpc) is 3.01. The van der Waals surface area contributed by atoms with Crippen LogP contribution in [0.5, 0.6) is 11.5 Å². The third-order valence-electron chi connectivity index (χ3n) is 7.93. The lowest BCUT2D eigenvalue weighted by molar-refractivity contribution is 0.0384. The van der Waals surface area contributed by atoms with E-state index in [0.29, 0.717) is 37.6 Å². The second-order valence-corrected chi connectivity index (χ2v) is 10.7. The van der Waals surface area contributed by atoms with Crippen molar-refractivity contribution in [2.75, 3.05) is 116 Å². The van der Waals surface area contributed by atoms with Crippen LogP contribution in [0.2, 0.25) is 0 Å². The number of carbonyl (C=O) groups excluding carboxylic acids is 2. The highest BCUT2D eigenvalue weighted by Crippen LogP contribution is 2.42. The third kappa shape index (κ3) is 10.4. The lowest BCUT2D eigenvalue weighted by Crippen LogP contribution is -2.40. The van der Waals surface area contributed by atoms with E-state index in [1.165, 1.54) is 12.1 Å². The van der Waals surface area contributed by atoms with Crippen LogP contribution in [0.25, 0.3) is 0 Å². The summed E-state index contributed by atoms with van der Waals surface area (Å²) in [4.78, 5) is 32.2. The van der Waals surface area contributed by atoms with Crippen molar-refractivity contribution in [3.63, 3.8) is 0 Å². The van der Waals surface area contributed by atoms with Crippen molar-refractivity contribution >= 4 is 72.6 Å². The van der Waals surface area contributed by atoms with Crippen LogP contribution in [0.3, 0.4) is 0 Å². The molecule has 2 aromatic rings. The Kier molecular flexibility index (Phi) is 19.1. The van der Waals surface area contributed by atoms with Gasteiger partial charge in [-0.15, -0.1) is 49.6 Å². The van der Waals surface area contributed by atoms with E-state index in [1.807, 2.05) is 0 Å². The normalized spacial score (nSPS) is 16.1. The molecule has 0 atom stereocenters. The van der Waals surface area contributed by atoms with Crippen LogP contribution in [0, 0.1) is 0 Å². The summed E-state index contributed by atoms with van der Waals surface area (Å²) in [7, 11) is 0. The van der Waals surface area contributed by atoms with Crippen molar-refractivity contribution in [3.8, 4) is 11.5 Å². The lowest BCUT2D eigenvalue weighted by Gasteiger charge is -2.27. The van der Waals surface area contributed by atoms with Gasteiger partial charge in [0.05, 0.1) is 48.7 Å². The third-order valence-corrected chi connectivity index (χ3v) is 7.93. The van der Waals surface area contributed by atoms with Gasteiger partial charge in [0.15, 0.2) is 0 Å². The van der Waals surface area contributed by atoms with Gasteiger partial charge in [0.2, 0.25) is 11.6 Å². The van der Waals surface area contributed by atoms with Crippen LogP contribution in [0.4, 0.5) is 11.4 Å². The number of morpholine rings is 2. The molecule has 0 amide bonds. The van der Waals surface area contributed by atoms with Crippen molar-refractivity contribution in [1.29, 1.82) is 0 Å². The van der Waals surface area contributed by atoms with Crippen molar-refractivity contribution < 1.29 is 29.3 Å². The predicted octanol–water partition coefficient (Wildman–Crippen LogP) is 2.23. The van der Waals surface area contributed by atoms with Gasteiger partial charge >= 0.3 is 0 Å². The second-order valence-electron chi connectivity index (χ2n) is 10.7. The quantitative estimate of drug-likeness (QED) is 0.107. The molecule has 2 heterocycles. The summed E-state index contributed by atoms with van der Waals surface area (Å²) in [5.41, 5.74) is 1.10. The molecule has 2 fully saturated rings. The molecule has 0 unspecified atom stereocenters. The molecule has 12 nitrogen and oxygen atoms in total. The Morgan fingerprint density at radius 2 is 0.913 bits per heavy atom. The molecule has 0 spiro atoms. The fourth-order valence-corrected chi connectivity index (χ4v) is 5.60. The van der Waals surface area contributed by atoms with E-state index in [9.17, 15) is 19.8 Å². The molecule has 3 aliphatic rings. The van der Waals surface area contributed by atoms with Gasteiger partial charge in [0.1, 0.15) is 11.5 Å². The number of ether oxygens (including phenoxy) is 2. The molecule has 0 aromatic heterocycles. The summed E-state index contributed by atoms with van der Waals surface area (Å²) in [5, 5.41) is 34.4. The molecule has 2 aromatic carbocycles. The van der Waals surface area contributed by atoms with E-state index in [4.69, 9.17) is 9.47 Å².